The highest BCUT2D eigenvalue weighted by atomic mass is 16.6. The van der Waals surface area contributed by atoms with E-state index in [4.69, 9.17) is 10.2 Å². The highest BCUT2D eigenvalue weighted by Gasteiger charge is 2.13. The second-order valence-electron chi connectivity index (χ2n) is 4.63. The van der Waals surface area contributed by atoms with Gasteiger partial charge >= 0.3 is 0 Å². The molecule has 1 aromatic carbocycles. The molecular formula is C13H11N7O3. The first kappa shape index (κ1) is 14.4. The molecule has 2 N–H and O–H groups in total. The van der Waals surface area contributed by atoms with Crippen LogP contribution in [0.2, 0.25) is 0 Å². The van der Waals surface area contributed by atoms with E-state index in [1.807, 2.05) is 6.92 Å². The maximum absolute atomic E-state index is 10.9. The van der Waals surface area contributed by atoms with Gasteiger partial charge in [-0.3, -0.25) is 10.1 Å². The summed E-state index contributed by atoms with van der Waals surface area (Å²) in [5.41, 5.74) is 6.98. The summed E-state index contributed by atoms with van der Waals surface area (Å²) in [5.74, 6) is 0.973. The average Bonchev–Trinajstić information content (AvgIpc) is 3.14. The third-order valence-electron chi connectivity index (χ3n) is 3.10. The summed E-state index contributed by atoms with van der Waals surface area (Å²) in [6.45, 7) is 1.84. The number of rotatable bonds is 4. The summed E-state index contributed by atoms with van der Waals surface area (Å²) < 4.78 is 5.63. The number of aryl methyl sites for hydroxylation is 1. The molecule has 0 aliphatic heterocycles. The number of tetrazole rings is 1. The van der Waals surface area contributed by atoms with Crippen molar-refractivity contribution in [2.45, 2.75) is 6.92 Å². The van der Waals surface area contributed by atoms with Crippen LogP contribution in [0.3, 0.4) is 0 Å². The van der Waals surface area contributed by atoms with Crippen LogP contribution in [-0.2, 0) is 0 Å². The number of benzene rings is 1. The molecule has 0 spiro atoms. The Kier molecular flexibility index (Phi) is 3.55. The summed E-state index contributed by atoms with van der Waals surface area (Å²) >= 11 is 0. The smallest absolute Gasteiger partial charge is 0.270 e. The summed E-state index contributed by atoms with van der Waals surface area (Å²) in [7, 11) is 0. The van der Waals surface area contributed by atoms with Gasteiger partial charge in [0.2, 0.25) is 0 Å². The van der Waals surface area contributed by atoms with E-state index >= 15 is 0 Å². The predicted octanol–water partition coefficient (Wildman–Crippen LogP) is 1.61. The number of nitrogens with two attached hydrogens (primary N) is 1. The summed E-state index contributed by atoms with van der Waals surface area (Å²) in [6.07, 6.45) is 1.39. The highest BCUT2D eigenvalue weighted by molar-refractivity contribution is 5.78. The third kappa shape index (κ3) is 2.90. The van der Waals surface area contributed by atoms with Gasteiger partial charge in [0.25, 0.3) is 11.6 Å². The van der Waals surface area contributed by atoms with Crippen LogP contribution in [0.15, 0.2) is 39.9 Å². The summed E-state index contributed by atoms with van der Waals surface area (Å²) in [6, 6.07) is 7.97. The molecule has 0 fully saturated rings. The molecule has 0 bridgehead atoms. The quantitative estimate of drug-likeness (QED) is 0.438. The van der Waals surface area contributed by atoms with E-state index in [1.165, 1.54) is 18.3 Å². The molecule has 23 heavy (non-hydrogen) atoms. The van der Waals surface area contributed by atoms with Crippen molar-refractivity contribution in [2.75, 3.05) is 5.73 Å². The van der Waals surface area contributed by atoms with Crippen molar-refractivity contribution in [1.82, 2.24) is 20.3 Å². The lowest BCUT2D eigenvalue weighted by Gasteiger charge is -2.02. The molecule has 0 saturated carbocycles. The zero-order valence-electron chi connectivity index (χ0n) is 11.9. The van der Waals surface area contributed by atoms with Crippen molar-refractivity contribution in [2.24, 2.45) is 5.10 Å². The molecule has 0 aliphatic rings. The maximum Gasteiger partial charge on any atom is 0.270 e. The number of aromatic nitrogens is 4. The maximum atomic E-state index is 10.9. The molecule has 10 nitrogen and oxygen atoms in total. The second kappa shape index (κ2) is 5.67. The van der Waals surface area contributed by atoms with Crippen LogP contribution in [0.1, 0.15) is 11.3 Å². The SMILES string of the molecule is Cc1ccc([N+](=O)[O-])cc1-c1ccc(/C=N/n2nnnc2N)o1. The molecule has 3 rings (SSSR count). The van der Waals surface area contributed by atoms with Gasteiger partial charge in [-0.1, -0.05) is 16.0 Å². The number of non-ortho nitro benzene ring substituents is 1. The molecule has 116 valence electrons. The van der Waals surface area contributed by atoms with E-state index in [0.29, 0.717) is 17.1 Å². The van der Waals surface area contributed by atoms with Gasteiger partial charge < -0.3 is 10.2 Å². The lowest BCUT2D eigenvalue weighted by atomic mass is 10.1. The fraction of sp³-hybridized carbons (Fsp3) is 0.0769. The molecule has 10 heteroatoms. The normalized spacial score (nSPS) is 11.2. The zero-order chi connectivity index (χ0) is 16.4. The predicted molar refractivity (Wildman–Crippen MR) is 80.8 cm³/mol. The van der Waals surface area contributed by atoms with Crippen molar-refractivity contribution in [3.8, 4) is 11.3 Å². The monoisotopic (exact) mass is 313 g/mol. The largest absolute Gasteiger partial charge is 0.455 e. The van der Waals surface area contributed by atoms with Crippen LogP contribution in [0.5, 0.6) is 0 Å². The van der Waals surface area contributed by atoms with E-state index in [1.54, 1.807) is 18.2 Å². The Morgan fingerprint density at radius 3 is 2.91 bits per heavy atom. The van der Waals surface area contributed by atoms with Crippen LogP contribution in [0, 0.1) is 17.0 Å². The van der Waals surface area contributed by atoms with Gasteiger partial charge in [0, 0.05) is 17.7 Å². The molecular weight excluding hydrogens is 302 g/mol. The fourth-order valence-electron chi connectivity index (χ4n) is 1.94. The zero-order valence-corrected chi connectivity index (χ0v) is 11.9. The molecule has 2 heterocycles. The number of hydrogen-bond acceptors (Lipinski definition) is 8. The van der Waals surface area contributed by atoms with Crippen LogP contribution in [0.25, 0.3) is 11.3 Å². The summed E-state index contributed by atoms with van der Waals surface area (Å²) in [4.78, 5) is 11.5. The molecule has 0 unspecified atom stereocenters. The highest BCUT2D eigenvalue weighted by Crippen LogP contribution is 2.28. The van der Waals surface area contributed by atoms with E-state index < -0.39 is 4.92 Å². The molecule has 0 amide bonds. The molecule has 0 saturated heterocycles. The van der Waals surface area contributed by atoms with Crippen LogP contribution in [-0.4, -0.2) is 31.5 Å². The van der Waals surface area contributed by atoms with Crippen molar-refractivity contribution < 1.29 is 9.34 Å². The Labute approximate surface area is 129 Å². The second-order valence-corrected chi connectivity index (χ2v) is 4.63. The van der Waals surface area contributed by atoms with Crippen molar-refractivity contribution >= 4 is 17.9 Å². The Bertz CT molecular complexity index is 897. The van der Waals surface area contributed by atoms with Crippen molar-refractivity contribution in [3.63, 3.8) is 0 Å². The van der Waals surface area contributed by atoms with Gasteiger partial charge in [-0.05, 0) is 35.0 Å². The van der Waals surface area contributed by atoms with Crippen LogP contribution >= 0.6 is 0 Å². The molecule has 3 aromatic rings. The first-order valence-corrected chi connectivity index (χ1v) is 6.48. The third-order valence-corrected chi connectivity index (χ3v) is 3.10. The molecule has 2 aromatic heterocycles. The topological polar surface area (TPSA) is 138 Å². The fourth-order valence-corrected chi connectivity index (χ4v) is 1.94. The Morgan fingerprint density at radius 2 is 2.22 bits per heavy atom. The lowest BCUT2D eigenvalue weighted by molar-refractivity contribution is -0.384. The average molecular weight is 313 g/mol. The van der Waals surface area contributed by atoms with Gasteiger partial charge in [-0.25, -0.2) is 0 Å². The number of nitro groups is 1. The summed E-state index contributed by atoms with van der Waals surface area (Å²) in [5, 5.41) is 25.2. The minimum absolute atomic E-state index is 0.00122. The minimum Gasteiger partial charge on any atom is -0.455 e. The molecule has 0 radical (unpaired) electrons. The minimum atomic E-state index is -0.450. The molecule has 0 aliphatic carbocycles. The Morgan fingerprint density at radius 1 is 1.39 bits per heavy atom. The van der Waals surface area contributed by atoms with Gasteiger partial charge in [-0.15, -0.1) is 0 Å². The first-order valence-electron chi connectivity index (χ1n) is 6.48. The van der Waals surface area contributed by atoms with E-state index in [-0.39, 0.29) is 11.6 Å². The van der Waals surface area contributed by atoms with Crippen molar-refractivity contribution in [1.29, 1.82) is 0 Å². The standard InChI is InChI=1S/C13H11N7O3/c1-8-2-3-9(20(21)22)6-11(8)12-5-4-10(23-12)7-15-19-13(14)16-17-18-19/h2-7H,1H3,(H2,14,16,18)/b15-7+. The number of furan rings is 1. The molecule has 0 atom stereocenters. The van der Waals surface area contributed by atoms with E-state index in [9.17, 15) is 10.1 Å². The van der Waals surface area contributed by atoms with E-state index in [2.05, 4.69) is 20.6 Å². The number of nitro benzene ring substituents is 1. The van der Waals surface area contributed by atoms with E-state index in [0.717, 1.165) is 10.4 Å². The Balaban J connectivity index is 1.90. The van der Waals surface area contributed by atoms with Crippen molar-refractivity contribution in [3.05, 3.63) is 51.8 Å². The number of nitrogens with zero attached hydrogens (tertiary/aromatic N) is 6. The van der Waals surface area contributed by atoms with Gasteiger partial charge in [0.05, 0.1) is 11.1 Å². The first-order chi connectivity index (χ1) is 11.0. The van der Waals surface area contributed by atoms with Crippen LogP contribution < -0.4 is 5.73 Å². The number of nitrogen functional groups attached to an aromatic ring is 1. The number of anilines is 1. The van der Waals surface area contributed by atoms with Gasteiger partial charge in [-0.2, -0.15) is 5.10 Å². The van der Waals surface area contributed by atoms with Crippen LogP contribution in [0.4, 0.5) is 11.6 Å². The van der Waals surface area contributed by atoms with Gasteiger partial charge in [0.15, 0.2) is 0 Å². The number of hydrogen-bond donors (Lipinski definition) is 1. The Hall–Kier alpha value is -3.56. The lowest BCUT2D eigenvalue weighted by Crippen LogP contribution is -1.99. The van der Waals surface area contributed by atoms with Gasteiger partial charge in [0.1, 0.15) is 11.5 Å².